The quantitative estimate of drug-likeness (QED) is 0.464. The Kier molecular flexibility index (Phi) is 11.0. The second kappa shape index (κ2) is 13.5. The van der Waals surface area contributed by atoms with Gasteiger partial charge in [-0.3, -0.25) is 14.5 Å². The minimum atomic E-state index is -0.494. The summed E-state index contributed by atoms with van der Waals surface area (Å²) in [7, 11) is 0. The van der Waals surface area contributed by atoms with Crippen LogP contribution in [0.1, 0.15) is 58.4 Å². The molecule has 0 spiro atoms. The summed E-state index contributed by atoms with van der Waals surface area (Å²) in [6.45, 7) is 8.29. The van der Waals surface area contributed by atoms with Gasteiger partial charge in [-0.15, -0.1) is 0 Å². The molecule has 0 radical (unpaired) electrons. The fourth-order valence-electron chi connectivity index (χ4n) is 3.23. The minimum absolute atomic E-state index is 0.149. The Morgan fingerprint density at radius 2 is 1.87 bits per heavy atom. The van der Waals surface area contributed by atoms with Gasteiger partial charge in [0.1, 0.15) is 12.2 Å². The highest BCUT2D eigenvalue weighted by Crippen LogP contribution is 2.14. The molecule has 7 nitrogen and oxygen atoms in total. The van der Waals surface area contributed by atoms with Crippen LogP contribution in [0.5, 0.6) is 0 Å². The van der Waals surface area contributed by atoms with E-state index in [4.69, 9.17) is 18.9 Å². The number of carbonyl (C=O) groups is 2. The molecule has 0 amide bonds. The van der Waals surface area contributed by atoms with Gasteiger partial charge in [0, 0.05) is 19.6 Å². The molecular formula is C24H37NO6. The molecule has 0 saturated carbocycles. The molecule has 0 aliphatic carbocycles. The second-order valence-corrected chi connectivity index (χ2v) is 8.78. The summed E-state index contributed by atoms with van der Waals surface area (Å²) < 4.78 is 22.2. The Hall–Kier alpha value is -1.96. The van der Waals surface area contributed by atoms with Crippen molar-refractivity contribution in [2.45, 2.75) is 71.4 Å². The first kappa shape index (κ1) is 25.3. The van der Waals surface area contributed by atoms with Crippen LogP contribution in [0, 0.1) is 0 Å². The lowest BCUT2D eigenvalue weighted by molar-refractivity contribution is -0.165. The maximum absolute atomic E-state index is 12.4. The first-order chi connectivity index (χ1) is 14.8. The number of hydrogen-bond donors (Lipinski definition) is 0. The normalized spacial score (nSPS) is 16.8. The lowest BCUT2D eigenvalue weighted by atomic mass is 10.2. The number of ether oxygens (including phenoxy) is 4. The third-order valence-electron chi connectivity index (χ3n) is 4.72. The van der Waals surface area contributed by atoms with Crippen LogP contribution < -0.4 is 0 Å². The Morgan fingerprint density at radius 1 is 1.10 bits per heavy atom. The fraction of sp³-hybridized carbons (Fsp3) is 0.667. The average Bonchev–Trinajstić information content (AvgIpc) is 2.72. The van der Waals surface area contributed by atoms with Crippen LogP contribution in [0.25, 0.3) is 0 Å². The number of rotatable bonds is 12. The van der Waals surface area contributed by atoms with Crippen molar-refractivity contribution >= 4 is 11.9 Å². The molecule has 1 fully saturated rings. The lowest BCUT2D eigenvalue weighted by Crippen LogP contribution is -2.36. The molecule has 1 aromatic carbocycles. The van der Waals surface area contributed by atoms with Gasteiger partial charge in [0.2, 0.25) is 0 Å². The second-order valence-electron chi connectivity index (χ2n) is 8.78. The molecule has 0 aromatic heterocycles. The number of hydrogen-bond acceptors (Lipinski definition) is 7. The largest absolute Gasteiger partial charge is 0.460 e. The monoisotopic (exact) mass is 435 g/mol. The first-order valence-electron chi connectivity index (χ1n) is 11.2. The highest BCUT2D eigenvalue weighted by Gasteiger charge is 2.19. The Labute approximate surface area is 186 Å². The van der Waals surface area contributed by atoms with E-state index >= 15 is 0 Å². The van der Waals surface area contributed by atoms with E-state index in [1.807, 2.05) is 56.0 Å². The van der Waals surface area contributed by atoms with Crippen molar-refractivity contribution < 1.29 is 28.5 Å². The highest BCUT2D eigenvalue weighted by atomic mass is 16.7. The molecule has 1 aliphatic rings. The molecular weight excluding hydrogens is 398 g/mol. The van der Waals surface area contributed by atoms with E-state index in [0.29, 0.717) is 32.5 Å². The fourth-order valence-corrected chi connectivity index (χ4v) is 3.23. The molecule has 1 saturated heterocycles. The number of benzene rings is 1. The predicted octanol–water partition coefficient (Wildman–Crippen LogP) is 3.70. The number of esters is 2. The van der Waals surface area contributed by atoms with Gasteiger partial charge in [-0.25, -0.2) is 0 Å². The summed E-state index contributed by atoms with van der Waals surface area (Å²) in [5.41, 5.74) is 0.455. The maximum atomic E-state index is 12.4. The third-order valence-corrected chi connectivity index (χ3v) is 4.72. The molecule has 174 valence electrons. The molecule has 1 aliphatic heterocycles. The average molecular weight is 436 g/mol. The van der Waals surface area contributed by atoms with Gasteiger partial charge in [-0.1, -0.05) is 30.3 Å². The van der Waals surface area contributed by atoms with Gasteiger partial charge >= 0.3 is 11.9 Å². The lowest BCUT2D eigenvalue weighted by Gasteiger charge is -2.25. The molecule has 7 heteroatoms. The summed E-state index contributed by atoms with van der Waals surface area (Å²) in [5.74, 6) is -0.527. The van der Waals surface area contributed by atoms with Crippen molar-refractivity contribution in [2.24, 2.45) is 0 Å². The van der Waals surface area contributed by atoms with Crippen molar-refractivity contribution in [2.75, 3.05) is 32.8 Å². The number of carbonyl (C=O) groups excluding carboxylic acids is 2. The topological polar surface area (TPSA) is 74.3 Å². The zero-order valence-corrected chi connectivity index (χ0v) is 19.1. The van der Waals surface area contributed by atoms with Crippen molar-refractivity contribution in [3.8, 4) is 0 Å². The van der Waals surface area contributed by atoms with Crippen LogP contribution in [0.4, 0.5) is 0 Å². The Morgan fingerprint density at radius 3 is 2.55 bits per heavy atom. The highest BCUT2D eigenvalue weighted by molar-refractivity contribution is 5.71. The summed E-state index contributed by atoms with van der Waals surface area (Å²) in [6.07, 6.45) is 3.82. The standard InChI is InChI=1S/C24H37NO6/c1-24(2,3)31-21(26)12-9-14-25(15-17-29-23-13-7-8-16-28-23)18-22(27)30-19-20-10-5-4-6-11-20/h4-6,10-11,23H,7-9,12-19H2,1-3H3. The van der Waals surface area contributed by atoms with Crippen LogP contribution in [-0.4, -0.2) is 61.6 Å². The van der Waals surface area contributed by atoms with Crippen LogP contribution in [-0.2, 0) is 35.1 Å². The van der Waals surface area contributed by atoms with E-state index in [2.05, 4.69) is 0 Å². The Balaban J connectivity index is 1.77. The maximum Gasteiger partial charge on any atom is 0.320 e. The molecule has 31 heavy (non-hydrogen) atoms. The molecule has 0 bridgehead atoms. The predicted molar refractivity (Wildman–Crippen MR) is 117 cm³/mol. The summed E-state index contributed by atoms with van der Waals surface area (Å²) in [6, 6.07) is 9.59. The molecule has 0 N–H and O–H groups in total. The molecule has 1 aromatic rings. The zero-order valence-electron chi connectivity index (χ0n) is 19.1. The van der Waals surface area contributed by atoms with E-state index in [1.54, 1.807) is 0 Å². The minimum Gasteiger partial charge on any atom is -0.460 e. The third kappa shape index (κ3) is 11.9. The van der Waals surface area contributed by atoms with E-state index in [9.17, 15) is 9.59 Å². The van der Waals surface area contributed by atoms with Crippen molar-refractivity contribution in [3.05, 3.63) is 35.9 Å². The summed E-state index contributed by atoms with van der Waals surface area (Å²) >= 11 is 0. The van der Waals surface area contributed by atoms with E-state index in [0.717, 1.165) is 31.4 Å². The SMILES string of the molecule is CC(C)(C)OC(=O)CCCN(CCOC1CCCCO1)CC(=O)OCc1ccccc1. The summed E-state index contributed by atoms with van der Waals surface area (Å²) in [5, 5.41) is 0. The molecule has 1 unspecified atom stereocenters. The molecule has 1 atom stereocenters. The molecule has 2 rings (SSSR count). The smallest absolute Gasteiger partial charge is 0.320 e. The van der Waals surface area contributed by atoms with Gasteiger partial charge in [0.15, 0.2) is 6.29 Å². The van der Waals surface area contributed by atoms with Crippen LogP contribution in [0.3, 0.4) is 0 Å². The van der Waals surface area contributed by atoms with E-state index in [-0.39, 0.29) is 31.4 Å². The zero-order chi connectivity index (χ0) is 22.5. The van der Waals surface area contributed by atoms with Gasteiger partial charge < -0.3 is 18.9 Å². The van der Waals surface area contributed by atoms with Crippen molar-refractivity contribution in [1.29, 1.82) is 0 Å². The Bertz CT molecular complexity index is 652. The molecule has 1 heterocycles. The van der Waals surface area contributed by atoms with Gasteiger partial charge in [-0.2, -0.15) is 0 Å². The number of nitrogens with zero attached hydrogens (tertiary/aromatic N) is 1. The van der Waals surface area contributed by atoms with E-state index in [1.165, 1.54) is 0 Å². The van der Waals surface area contributed by atoms with Gasteiger partial charge in [0.05, 0.1) is 13.2 Å². The van der Waals surface area contributed by atoms with Crippen LogP contribution in [0.15, 0.2) is 30.3 Å². The van der Waals surface area contributed by atoms with Crippen molar-refractivity contribution in [1.82, 2.24) is 4.90 Å². The van der Waals surface area contributed by atoms with Crippen LogP contribution >= 0.6 is 0 Å². The summed E-state index contributed by atoms with van der Waals surface area (Å²) in [4.78, 5) is 26.3. The first-order valence-corrected chi connectivity index (χ1v) is 11.2. The van der Waals surface area contributed by atoms with Gasteiger partial charge in [0.25, 0.3) is 0 Å². The van der Waals surface area contributed by atoms with Crippen molar-refractivity contribution in [3.63, 3.8) is 0 Å². The van der Waals surface area contributed by atoms with Crippen LogP contribution in [0.2, 0.25) is 0 Å². The van der Waals surface area contributed by atoms with Gasteiger partial charge in [-0.05, 0) is 58.6 Å². The van der Waals surface area contributed by atoms with E-state index < -0.39 is 5.60 Å².